The van der Waals surface area contributed by atoms with E-state index in [1.807, 2.05) is 12.1 Å². The van der Waals surface area contributed by atoms with Gasteiger partial charge in [0.1, 0.15) is 0 Å². The molecule has 17 heavy (non-hydrogen) atoms. The summed E-state index contributed by atoms with van der Waals surface area (Å²) in [5, 5.41) is 24.6. The van der Waals surface area contributed by atoms with Gasteiger partial charge in [-0.25, -0.2) is 0 Å². The van der Waals surface area contributed by atoms with Gasteiger partial charge in [0.15, 0.2) is 0 Å². The predicted octanol–water partition coefficient (Wildman–Crippen LogP) is 2.33. The maximum Gasteiger partial charge on any atom is 2.00 e. The van der Waals surface area contributed by atoms with E-state index in [1.165, 1.54) is 6.07 Å². The first kappa shape index (κ1) is 13.9. The summed E-state index contributed by atoms with van der Waals surface area (Å²) < 4.78 is 0. The summed E-state index contributed by atoms with van der Waals surface area (Å²) >= 11 is 0. The Bertz CT molecular complexity index is 509. The molecule has 0 heterocycles. The van der Waals surface area contributed by atoms with E-state index in [4.69, 9.17) is 0 Å². The summed E-state index contributed by atoms with van der Waals surface area (Å²) in [6, 6.07) is 8.85. The molecule has 0 radical (unpaired) electrons. The van der Waals surface area contributed by atoms with Crippen LogP contribution >= 0.6 is 0 Å². The Hall–Kier alpha value is -1.21. The Morgan fingerprint density at radius 3 is 2.35 bits per heavy atom. The molecule has 0 fully saturated rings. The fourth-order valence-corrected chi connectivity index (χ4v) is 1.97. The van der Waals surface area contributed by atoms with Gasteiger partial charge in [-0.2, -0.15) is 0 Å². The molecule has 3 heteroatoms. The van der Waals surface area contributed by atoms with Crippen LogP contribution in [0.25, 0.3) is 10.8 Å². The van der Waals surface area contributed by atoms with Gasteiger partial charge in [-0.3, -0.25) is 0 Å². The van der Waals surface area contributed by atoms with Crippen molar-refractivity contribution in [2.45, 2.75) is 26.2 Å². The summed E-state index contributed by atoms with van der Waals surface area (Å²) in [4.78, 5) is 0. The van der Waals surface area contributed by atoms with E-state index in [1.54, 1.807) is 12.1 Å². The van der Waals surface area contributed by atoms with Gasteiger partial charge in [0, 0.05) is 0 Å². The zero-order valence-corrected chi connectivity index (χ0v) is 10.6. The van der Waals surface area contributed by atoms with Crippen LogP contribution < -0.4 is 10.2 Å². The normalized spacial score (nSPS) is 10.2. The number of fused-ring (bicyclic) bond motifs is 1. The van der Waals surface area contributed by atoms with Crippen molar-refractivity contribution >= 4 is 10.8 Å². The van der Waals surface area contributed by atoms with Crippen molar-refractivity contribution in [3.8, 4) is 11.5 Å². The third-order valence-electron chi connectivity index (χ3n) is 2.85. The largest absolute Gasteiger partial charge is 2.00 e. The molecular weight excluding hydrogens is 259 g/mol. The van der Waals surface area contributed by atoms with Gasteiger partial charge >= 0.3 is 16.5 Å². The third kappa shape index (κ3) is 2.73. The SMILES string of the molecule is CCCCc1cc([O-])c([O-])c2ccccc12.[Ni+2]. The molecule has 0 aliphatic carbocycles. The Balaban J connectivity index is 0.00000144. The van der Waals surface area contributed by atoms with E-state index >= 15 is 0 Å². The Labute approximate surface area is 111 Å². The van der Waals surface area contributed by atoms with Crippen molar-refractivity contribution in [3.63, 3.8) is 0 Å². The van der Waals surface area contributed by atoms with Crippen LogP contribution in [-0.2, 0) is 22.9 Å². The van der Waals surface area contributed by atoms with Crippen LogP contribution in [0.1, 0.15) is 25.3 Å². The van der Waals surface area contributed by atoms with E-state index < -0.39 is 0 Å². The number of rotatable bonds is 3. The van der Waals surface area contributed by atoms with Crippen LogP contribution in [0.4, 0.5) is 0 Å². The molecule has 0 aliphatic rings. The smallest absolute Gasteiger partial charge is 0.873 e. The van der Waals surface area contributed by atoms with Gasteiger partial charge in [0.25, 0.3) is 0 Å². The molecular formula is C14H14NiO2. The molecule has 0 amide bonds. The molecule has 92 valence electrons. The Kier molecular flexibility index (Phi) is 4.83. The molecule has 0 aromatic heterocycles. The topological polar surface area (TPSA) is 46.1 Å². The fourth-order valence-electron chi connectivity index (χ4n) is 1.97. The second kappa shape index (κ2) is 5.93. The van der Waals surface area contributed by atoms with E-state index in [0.29, 0.717) is 5.39 Å². The summed E-state index contributed by atoms with van der Waals surface area (Å²) in [6.07, 6.45) is 3.00. The summed E-state index contributed by atoms with van der Waals surface area (Å²) in [5.74, 6) is -0.763. The minimum atomic E-state index is -0.384. The zero-order valence-electron chi connectivity index (χ0n) is 9.64. The van der Waals surface area contributed by atoms with E-state index in [9.17, 15) is 10.2 Å². The second-order valence-corrected chi connectivity index (χ2v) is 4.01. The molecule has 2 rings (SSSR count). The Morgan fingerprint density at radius 1 is 1.06 bits per heavy atom. The monoisotopic (exact) mass is 272 g/mol. The summed E-state index contributed by atoms with van der Waals surface area (Å²) in [7, 11) is 0. The van der Waals surface area contributed by atoms with Gasteiger partial charge in [-0.05, 0) is 29.2 Å². The van der Waals surface area contributed by atoms with Crippen LogP contribution in [0, 0.1) is 0 Å². The molecule has 0 aliphatic heterocycles. The van der Waals surface area contributed by atoms with Crippen LogP contribution in [0.3, 0.4) is 0 Å². The van der Waals surface area contributed by atoms with Crippen molar-refractivity contribution in [2.75, 3.05) is 0 Å². The molecule has 0 spiro atoms. The third-order valence-corrected chi connectivity index (χ3v) is 2.85. The summed E-state index contributed by atoms with van der Waals surface area (Å²) in [6.45, 7) is 2.11. The average Bonchev–Trinajstić information content (AvgIpc) is 2.32. The van der Waals surface area contributed by atoms with Crippen LogP contribution in [0.15, 0.2) is 30.3 Å². The molecule has 2 aromatic carbocycles. The van der Waals surface area contributed by atoms with Crippen LogP contribution in [-0.4, -0.2) is 0 Å². The van der Waals surface area contributed by atoms with Crippen LogP contribution in [0.5, 0.6) is 11.5 Å². The van der Waals surface area contributed by atoms with Crippen molar-refractivity contribution in [1.29, 1.82) is 0 Å². The molecule has 0 saturated carbocycles. The van der Waals surface area contributed by atoms with Gasteiger partial charge in [0.2, 0.25) is 0 Å². The molecule has 0 N–H and O–H groups in total. The minimum Gasteiger partial charge on any atom is -0.873 e. The quantitative estimate of drug-likeness (QED) is 0.805. The molecule has 0 unspecified atom stereocenters. The fraction of sp³-hybridized carbons (Fsp3) is 0.286. The molecule has 2 nitrogen and oxygen atoms in total. The minimum absolute atomic E-state index is 0. The molecule has 0 saturated heterocycles. The first-order valence-corrected chi connectivity index (χ1v) is 5.62. The number of aryl methyl sites for hydroxylation is 1. The zero-order chi connectivity index (χ0) is 11.5. The molecule has 0 bridgehead atoms. The van der Waals surface area contributed by atoms with Crippen LogP contribution in [0.2, 0.25) is 0 Å². The van der Waals surface area contributed by atoms with E-state index in [-0.39, 0.29) is 28.0 Å². The van der Waals surface area contributed by atoms with Crippen molar-refractivity contribution < 1.29 is 26.7 Å². The van der Waals surface area contributed by atoms with Gasteiger partial charge in [-0.15, -0.1) is 11.5 Å². The van der Waals surface area contributed by atoms with E-state index in [2.05, 4.69) is 6.92 Å². The van der Waals surface area contributed by atoms with Gasteiger partial charge in [0.05, 0.1) is 0 Å². The Morgan fingerprint density at radius 2 is 1.71 bits per heavy atom. The van der Waals surface area contributed by atoms with Gasteiger partial charge in [-0.1, -0.05) is 43.7 Å². The number of unbranched alkanes of at least 4 members (excludes halogenated alkanes) is 1. The first-order chi connectivity index (χ1) is 7.74. The van der Waals surface area contributed by atoms with Crippen molar-refractivity contribution in [1.82, 2.24) is 0 Å². The average molecular weight is 273 g/mol. The maximum atomic E-state index is 11.6. The number of hydrogen-bond acceptors (Lipinski definition) is 2. The second-order valence-electron chi connectivity index (χ2n) is 4.01. The predicted molar refractivity (Wildman–Crippen MR) is 61.5 cm³/mol. The number of benzene rings is 2. The van der Waals surface area contributed by atoms with Gasteiger partial charge < -0.3 is 10.2 Å². The van der Waals surface area contributed by atoms with Crippen molar-refractivity contribution in [3.05, 3.63) is 35.9 Å². The standard InChI is InChI=1S/C14H16O2.Ni/c1-2-3-6-10-9-13(15)14(16)12-8-5-4-7-11(10)12;/h4-5,7-9,15-16H,2-3,6H2,1H3;/q;+2/p-2. The van der Waals surface area contributed by atoms with E-state index in [0.717, 1.165) is 30.2 Å². The molecule has 0 atom stereocenters. The maximum absolute atomic E-state index is 11.6. The molecule has 2 aromatic rings. The number of hydrogen-bond donors (Lipinski definition) is 0. The van der Waals surface area contributed by atoms with Crippen molar-refractivity contribution in [2.24, 2.45) is 0 Å². The first-order valence-electron chi connectivity index (χ1n) is 5.62. The summed E-state index contributed by atoms with van der Waals surface area (Å²) in [5.41, 5.74) is 1.00.